The van der Waals surface area contributed by atoms with E-state index >= 15 is 0 Å². The van der Waals surface area contributed by atoms with Gasteiger partial charge in [0.1, 0.15) is 6.61 Å². The third-order valence-electron chi connectivity index (χ3n) is 4.49. The second kappa shape index (κ2) is 10.3. The maximum absolute atomic E-state index is 12.5. The highest BCUT2D eigenvalue weighted by Crippen LogP contribution is 2.23. The first kappa shape index (κ1) is 22.7. The number of halogens is 1. The van der Waals surface area contributed by atoms with Crippen molar-refractivity contribution in [1.82, 2.24) is 10.6 Å². The van der Waals surface area contributed by atoms with Crippen molar-refractivity contribution in [2.24, 2.45) is 5.16 Å². The Labute approximate surface area is 177 Å². The topological polar surface area (TPSA) is 74.8 Å². The molecule has 2 aromatic carbocycles. The molecule has 0 bridgehead atoms. The van der Waals surface area contributed by atoms with Gasteiger partial charge in [0.15, 0.2) is 0 Å². The molecule has 156 valence electrons. The van der Waals surface area contributed by atoms with Gasteiger partial charge in [-0.15, -0.1) is 0 Å². The fourth-order valence-corrected chi connectivity index (χ4v) is 2.83. The first-order valence-corrected chi connectivity index (χ1v) is 9.88. The number of urea groups is 1. The minimum absolute atomic E-state index is 0.289. The molecule has 0 unspecified atom stereocenters. The van der Waals surface area contributed by atoms with E-state index in [9.17, 15) is 4.79 Å². The molecule has 0 saturated carbocycles. The van der Waals surface area contributed by atoms with Crippen LogP contribution in [0.25, 0.3) is 0 Å². The molecule has 0 heterocycles. The lowest BCUT2D eigenvalue weighted by atomic mass is 9.92. The fraction of sp³-hybridized carbons (Fsp3) is 0.364. The van der Waals surface area contributed by atoms with Gasteiger partial charge in [-0.2, -0.15) is 0 Å². The first-order valence-electron chi connectivity index (χ1n) is 9.50. The molecule has 0 aliphatic heterocycles. The predicted molar refractivity (Wildman–Crippen MR) is 120 cm³/mol. The highest BCUT2D eigenvalue weighted by Gasteiger charge is 2.23. The third kappa shape index (κ3) is 6.76. The standard InChI is InChI=1S/C22H29ClN4O2/c1-15-13-19(9-10-20(15)23)25-21(28)26-22(3,4)18-8-6-7-17(14-18)16(2)27-29-12-11-24-5/h6-10,13-14,24H,11-12H2,1-5H3,(H2,25,26,28)/b27-16+. The molecule has 29 heavy (non-hydrogen) atoms. The maximum atomic E-state index is 12.5. The van der Waals surface area contributed by atoms with Crippen molar-refractivity contribution >= 4 is 29.0 Å². The average Bonchev–Trinajstić information content (AvgIpc) is 2.67. The van der Waals surface area contributed by atoms with Crippen molar-refractivity contribution < 1.29 is 9.63 Å². The summed E-state index contributed by atoms with van der Waals surface area (Å²) >= 11 is 6.04. The van der Waals surface area contributed by atoms with Crippen LogP contribution in [-0.2, 0) is 10.4 Å². The summed E-state index contributed by atoms with van der Waals surface area (Å²) in [5.74, 6) is 0. The number of oxime groups is 1. The van der Waals surface area contributed by atoms with Crippen LogP contribution in [0.3, 0.4) is 0 Å². The average molecular weight is 417 g/mol. The number of likely N-dealkylation sites (N-methyl/N-ethyl adjacent to an activating group) is 1. The predicted octanol–water partition coefficient (Wildman–Crippen LogP) is 4.67. The lowest BCUT2D eigenvalue weighted by Crippen LogP contribution is -2.43. The van der Waals surface area contributed by atoms with Gasteiger partial charge in [-0.05, 0) is 75.7 Å². The van der Waals surface area contributed by atoms with Crippen LogP contribution in [0.15, 0.2) is 47.6 Å². The van der Waals surface area contributed by atoms with Crippen molar-refractivity contribution in [2.75, 3.05) is 25.5 Å². The molecule has 2 amide bonds. The molecular formula is C22H29ClN4O2. The summed E-state index contributed by atoms with van der Waals surface area (Å²) in [5.41, 5.74) is 3.69. The number of amides is 2. The Morgan fingerprint density at radius 3 is 2.66 bits per heavy atom. The highest BCUT2D eigenvalue weighted by atomic mass is 35.5. The number of anilines is 1. The first-order chi connectivity index (χ1) is 13.7. The Balaban J connectivity index is 2.07. The lowest BCUT2D eigenvalue weighted by Gasteiger charge is -2.27. The summed E-state index contributed by atoms with van der Waals surface area (Å²) in [6, 6.07) is 13.0. The Hall–Kier alpha value is -2.57. The molecule has 2 rings (SSSR count). The van der Waals surface area contributed by atoms with Crippen LogP contribution in [0.2, 0.25) is 5.02 Å². The summed E-state index contributed by atoms with van der Waals surface area (Å²) in [5, 5.41) is 13.7. The van der Waals surface area contributed by atoms with E-state index in [1.807, 2.05) is 65.1 Å². The zero-order valence-electron chi connectivity index (χ0n) is 17.6. The van der Waals surface area contributed by atoms with E-state index in [0.717, 1.165) is 28.9 Å². The Morgan fingerprint density at radius 2 is 1.97 bits per heavy atom. The number of nitrogens with one attached hydrogen (secondary N) is 3. The zero-order valence-corrected chi connectivity index (χ0v) is 18.4. The number of hydrogen-bond acceptors (Lipinski definition) is 4. The van der Waals surface area contributed by atoms with Gasteiger partial charge in [0.2, 0.25) is 0 Å². The fourth-order valence-electron chi connectivity index (χ4n) is 2.72. The van der Waals surface area contributed by atoms with Crippen LogP contribution in [0.5, 0.6) is 0 Å². The van der Waals surface area contributed by atoms with Crippen LogP contribution in [-0.4, -0.2) is 31.9 Å². The number of carbonyl (C=O) groups is 1. The SMILES string of the molecule is CNCCO/N=C(\C)c1cccc(C(C)(C)NC(=O)Nc2ccc(Cl)c(C)c2)c1. The molecule has 0 aromatic heterocycles. The van der Waals surface area contributed by atoms with Gasteiger partial charge in [0.05, 0.1) is 11.3 Å². The zero-order chi connectivity index (χ0) is 21.4. The molecule has 3 N–H and O–H groups in total. The van der Waals surface area contributed by atoms with E-state index in [2.05, 4.69) is 21.1 Å². The van der Waals surface area contributed by atoms with Crippen LogP contribution in [0.1, 0.15) is 37.5 Å². The molecular weight excluding hydrogens is 388 g/mol. The Morgan fingerprint density at radius 1 is 1.21 bits per heavy atom. The van der Waals surface area contributed by atoms with Gasteiger partial charge in [-0.3, -0.25) is 0 Å². The molecule has 0 radical (unpaired) electrons. The van der Waals surface area contributed by atoms with E-state index in [-0.39, 0.29) is 6.03 Å². The minimum atomic E-state index is -0.588. The van der Waals surface area contributed by atoms with Crippen molar-refractivity contribution in [3.8, 4) is 0 Å². The van der Waals surface area contributed by atoms with Crippen molar-refractivity contribution in [1.29, 1.82) is 0 Å². The normalized spacial score (nSPS) is 11.9. The molecule has 0 aliphatic rings. The van der Waals surface area contributed by atoms with Crippen LogP contribution in [0, 0.1) is 6.92 Å². The summed E-state index contributed by atoms with van der Waals surface area (Å²) in [7, 11) is 1.86. The van der Waals surface area contributed by atoms with Gasteiger partial charge in [0, 0.05) is 17.3 Å². The number of aryl methyl sites for hydroxylation is 1. The van der Waals surface area contributed by atoms with E-state index in [0.29, 0.717) is 17.3 Å². The molecule has 0 saturated heterocycles. The molecule has 0 aliphatic carbocycles. The smallest absolute Gasteiger partial charge is 0.319 e. The number of nitrogens with zero attached hydrogens (tertiary/aromatic N) is 1. The Bertz CT molecular complexity index is 881. The van der Waals surface area contributed by atoms with Crippen LogP contribution >= 0.6 is 11.6 Å². The summed E-state index contributed by atoms with van der Waals surface area (Å²) < 4.78 is 0. The van der Waals surface area contributed by atoms with E-state index in [1.54, 1.807) is 12.1 Å². The number of rotatable bonds is 8. The molecule has 2 aromatic rings. The summed E-state index contributed by atoms with van der Waals surface area (Å²) in [6.07, 6.45) is 0. The van der Waals surface area contributed by atoms with Gasteiger partial charge in [0.25, 0.3) is 0 Å². The van der Waals surface area contributed by atoms with Crippen molar-refractivity contribution in [3.05, 3.63) is 64.2 Å². The molecule has 0 atom stereocenters. The number of hydrogen-bond donors (Lipinski definition) is 3. The highest BCUT2D eigenvalue weighted by molar-refractivity contribution is 6.31. The Kier molecular flexibility index (Phi) is 8.05. The number of carbonyl (C=O) groups excluding carboxylic acids is 1. The molecule has 7 heteroatoms. The monoisotopic (exact) mass is 416 g/mol. The van der Waals surface area contributed by atoms with Crippen molar-refractivity contribution in [3.63, 3.8) is 0 Å². The second-order valence-electron chi connectivity index (χ2n) is 7.36. The van der Waals surface area contributed by atoms with E-state index in [1.165, 1.54) is 0 Å². The van der Waals surface area contributed by atoms with Crippen molar-refractivity contribution in [2.45, 2.75) is 33.2 Å². The van der Waals surface area contributed by atoms with Crippen LogP contribution in [0.4, 0.5) is 10.5 Å². The number of benzene rings is 2. The van der Waals surface area contributed by atoms with Gasteiger partial charge < -0.3 is 20.8 Å². The molecule has 0 fully saturated rings. The summed E-state index contributed by atoms with van der Waals surface area (Å²) in [6.45, 7) is 8.94. The quantitative estimate of drug-likeness (QED) is 0.332. The summed E-state index contributed by atoms with van der Waals surface area (Å²) in [4.78, 5) is 17.8. The molecule has 6 nitrogen and oxygen atoms in total. The third-order valence-corrected chi connectivity index (χ3v) is 4.91. The minimum Gasteiger partial charge on any atom is -0.394 e. The van der Waals surface area contributed by atoms with Gasteiger partial charge in [-0.1, -0.05) is 35.0 Å². The van der Waals surface area contributed by atoms with E-state index in [4.69, 9.17) is 16.4 Å². The van der Waals surface area contributed by atoms with E-state index < -0.39 is 5.54 Å². The second-order valence-corrected chi connectivity index (χ2v) is 7.77. The molecule has 0 spiro atoms. The van der Waals surface area contributed by atoms with Crippen LogP contribution < -0.4 is 16.0 Å². The van der Waals surface area contributed by atoms with Gasteiger partial charge in [-0.25, -0.2) is 4.79 Å². The largest absolute Gasteiger partial charge is 0.394 e. The van der Waals surface area contributed by atoms with Gasteiger partial charge >= 0.3 is 6.03 Å². The lowest BCUT2D eigenvalue weighted by molar-refractivity contribution is 0.147. The maximum Gasteiger partial charge on any atom is 0.319 e.